The lowest BCUT2D eigenvalue weighted by molar-refractivity contribution is 1.33. The number of hydrogen-bond donors (Lipinski definition) is 3. The molecule has 5 N–H and O–H groups in total. The van der Waals surface area contributed by atoms with Crippen LogP contribution in [-0.4, -0.2) is 4.98 Å². The molecule has 0 radical (unpaired) electrons. The number of anilines is 2. The van der Waals surface area contributed by atoms with Crippen molar-refractivity contribution in [3.8, 4) is 6.07 Å². The summed E-state index contributed by atoms with van der Waals surface area (Å²) < 4.78 is 0. The lowest BCUT2D eigenvalue weighted by Gasteiger charge is -1.85. The van der Waals surface area contributed by atoms with E-state index in [2.05, 4.69) is 4.98 Å². The quantitative estimate of drug-likeness (QED) is 0.454. The Kier molecular flexibility index (Phi) is 1.04. The number of hydrogen-bond acceptors (Lipinski definition) is 3. The summed E-state index contributed by atoms with van der Waals surface area (Å²) in [6.07, 6.45) is 1.49. The summed E-state index contributed by atoms with van der Waals surface area (Å²) in [6.45, 7) is 0. The number of nitrogen functional groups attached to an aromatic ring is 2. The highest BCUT2D eigenvalue weighted by Gasteiger charge is 2.01. The molecule has 0 unspecified atom stereocenters. The van der Waals surface area contributed by atoms with Gasteiger partial charge in [0.05, 0.1) is 11.4 Å². The van der Waals surface area contributed by atoms with Gasteiger partial charge >= 0.3 is 0 Å². The Morgan fingerprint density at radius 2 is 2.22 bits per heavy atom. The lowest BCUT2D eigenvalue weighted by Crippen LogP contribution is -1.90. The van der Waals surface area contributed by atoms with Gasteiger partial charge in [-0.3, -0.25) is 0 Å². The molecule has 0 atom stereocenters. The van der Waals surface area contributed by atoms with E-state index in [-0.39, 0.29) is 0 Å². The molecule has 1 heterocycles. The zero-order valence-corrected chi connectivity index (χ0v) is 4.68. The minimum absolute atomic E-state index is 0.326. The maximum atomic E-state index is 8.31. The molecule has 0 saturated heterocycles. The second-order valence-corrected chi connectivity index (χ2v) is 1.64. The van der Waals surface area contributed by atoms with E-state index in [4.69, 9.17) is 16.7 Å². The van der Waals surface area contributed by atoms with Gasteiger partial charge in [-0.15, -0.1) is 0 Å². The average molecular weight is 122 g/mol. The molecule has 4 nitrogen and oxygen atoms in total. The fraction of sp³-hybridized carbons (Fsp3) is 0. The summed E-state index contributed by atoms with van der Waals surface area (Å²) in [5.41, 5.74) is 11.7. The van der Waals surface area contributed by atoms with Crippen LogP contribution in [0, 0.1) is 11.3 Å². The predicted molar refractivity (Wildman–Crippen MR) is 34.3 cm³/mol. The van der Waals surface area contributed by atoms with Gasteiger partial charge in [0.25, 0.3) is 0 Å². The first kappa shape index (κ1) is 5.51. The maximum Gasteiger partial charge on any atom is 0.143 e. The van der Waals surface area contributed by atoms with E-state index in [0.29, 0.717) is 17.1 Å². The smallest absolute Gasteiger partial charge is 0.143 e. The summed E-state index contributed by atoms with van der Waals surface area (Å²) in [5, 5.41) is 8.31. The molecule has 0 fully saturated rings. The zero-order chi connectivity index (χ0) is 6.85. The molecule has 0 aliphatic heterocycles. The van der Waals surface area contributed by atoms with Gasteiger partial charge in [0.1, 0.15) is 11.8 Å². The second-order valence-electron chi connectivity index (χ2n) is 1.64. The molecule has 1 aromatic heterocycles. The fourth-order valence-electron chi connectivity index (χ4n) is 0.542. The molecule has 0 saturated carbocycles. The van der Waals surface area contributed by atoms with Crippen LogP contribution in [0.15, 0.2) is 6.20 Å². The third-order valence-corrected chi connectivity index (χ3v) is 1.06. The van der Waals surface area contributed by atoms with E-state index >= 15 is 0 Å². The highest BCUT2D eigenvalue weighted by Crippen LogP contribution is 2.16. The highest BCUT2D eigenvalue weighted by atomic mass is 14.8. The van der Waals surface area contributed by atoms with E-state index in [1.807, 2.05) is 6.07 Å². The van der Waals surface area contributed by atoms with Crippen LogP contribution >= 0.6 is 0 Å². The van der Waals surface area contributed by atoms with Gasteiger partial charge < -0.3 is 16.5 Å². The summed E-state index contributed by atoms with van der Waals surface area (Å²) in [5.74, 6) is 0. The average Bonchev–Trinajstić information content (AvgIpc) is 2.15. The molecule has 0 aliphatic rings. The van der Waals surface area contributed by atoms with Crippen molar-refractivity contribution in [3.63, 3.8) is 0 Å². The Morgan fingerprint density at radius 3 is 2.44 bits per heavy atom. The van der Waals surface area contributed by atoms with Crippen LogP contribution in [0.4, 0.5) is 11.4 Å². The van der Waals surface area contributed by atoms with E-state index in [1.54, 1.807) is 0 Å². The van der Waals surface area contributed by atoms with Crippen molar-refractivity contribution in [3.05, 3.63) is 11.9 Å². The van der Waals surface area contributed by atoms with Crippen molar-refractivity contribution >= 4 is 11.4 Å². The number of rotatable bonds is 0. The number of nitrogens with two attached hydrogens (primary N) is 2. The number of H-pyrrole nitrogens is 1. The van der Waals surface area contributed by atoms with Gasteiger partial charge in [-0.25, -0.2) is 0 Å². The summed E-state index contributed by atoms with van der Waals surface area (Å²) >= 11 is 0. The van der Waals surface area contributed by atoms with Crippen LogP contribution in [0.5, 0.6) is 0 Å². The van der Waals surface area contributed by atoms with E-state index in [1.165, 1.54) is 6.20 Å². The monoisotopic (exact) mass is 122 g/mol. The normalized spacial score (nSPS) is 8.78. The van der Waals surface area contributed by atoms with Crippen molar-refractivity contribution in [2.75, 3.05) is 11.5 Å². The van der Waals surface area contributed by atoms with Crippen molar-refractivity contribution in [2.24, 2.45) is 0 Å². The molecule has 46 valence electrons. The number of nitrogens with zero attached hydrogens (tertiary/aromatic N) is 1. The first-order valence-electron chi connectivity index (χ1n) is 2.38. The SMILES string of the molecule is N#Cc1[nH]cc(N)c1N. The molecular weight excluding hydrogens is 116 g/mol. The molecule has 1 aromatic rings. The van der Waals surface area contributed by atoms with Crippen molar-refractivity contribution in [1.82, 2.24) is 4.98 Å². The van der Waals surface area contributed by atoms with Crippen molar-refractivity contribution < 1.29 is 0 Å². The summed E-state index contributed by atoms with van der Waals surface area (Å²) in [6, 6.07) is 1.86. The largest absolute Gasteiger partial charge is 0.396 e. The molecule has 4 heteroatoms. The molecule has 1 rings (SSSR count). The highest BCUT2D eigenvalue weighted by molar-refractivity contribution is 5.68. The van der Waals surface area contributed by atoms with Gasteiger partial charge in [0, 0.05) is 6.20 Å². The molecule has 0 bridgehead atoms. The first-order chi connectivity index (χ1) is 4.25. The van der Waals surface area contributed by atoms with E-state index in [9.17, 15) is 0 Å². The molecule has 0 spiro atoms. The molecule has 9 heavy (non-hydrogen) atoms. The molecule has 0 amide bonds. The number of nitriles is 1. The number of nitrogens with one attached hydrogen (secondary N) is 1. The Morgan fingerprint density at radius 1 is 1.56 bits per heavy atom. The first-order valence-corrected chi connectivity index (χ1v) is 2.38. The zero-order valence-electron chi connectivity index (χ0n) is 4.68. The van der Waals surface area contributed by atoms with Crippen LogP contribution in [0.1, 0.15) is 5.69 Å². The molecule has 0 aliphatic carbocycles. The van der Waals surface area contributed by atoms with Crippen molar-refractivity contribution in [1.29, 1.82) is 5.26 Å². The van der Waals surface area contributed by atoms with E-state index < -0.39 is 0 Å². The molecule has 0 aromatic carbocycles. The minimum Gasteiger partial charge on any atom is -0.396 e. The van der Waals surface area contributed by atoms with Gasteiger partial charge in [-0.2, -0.15) is 5.26 Å². The number of aromatic nitrogens is 1. The van der Waals surface area contributed by atoms with Gasteiger partial charge in [0.15, 0.2) is 0 Å². The Hall–Kier alpha value is -1.63. The third kappa shape index (κ3) is 0.681. The standard InChI is InChI=1S/C5H6N4/c6-1-4-5(8)3(7)2-9-4/h2,9H,7-8H2. The van der Waals surface area contributed by atoms with Crippen LogP contribution in [0.3, 0.4) is 0 Å². The van der Waals surface area contributed by atoms with Crippen LogP contribution in [0.25, 0.3) is 0 Å². The lowest BCUT2D eigenvalue weighted by atomic mass is 10.4. The predicted octanol–water partition coefficient (Wildman–Crippen LogP) is 0.0508. The fourth-order valence-corrected chi connectivity index (χ4v) is 0.542. The number of aromatic amines is 1. The summed E-state index contributed by atoms with van der Waals surface area (Å²) in [7, 11) is 0. The topological polar surface area (TPSA) is 91.6 Å². The van der Waals surface area contributed by atoms with Crippen LogP contribution in [-0.2, 0) is 0 Å². The van der Waals surface area contributed by atoms with Gasteiger partial charge in [0.2, 0.25) is 0 Å². The van der Waals surface area contributed by atoms with Gasteiger partial charge in [-0.1, -0.05) is 0 Å². The van der Waals surface area contributed by atoms with E-state index in [0.717, 1.165) is 0 Å². The van der Waals surface area contributed by atoms with Crippen LogP contribution in [0.2, 0.25) is 0 Å². The van der Waals surface area contributed by atoms with Gasteiger partial charge in [-0.05, 0) is 0 Å². The Labute approximate surface area is 52.1 Å². The van der Waals surface area contributed by atoms with Crippen molar-refractivity contribution in [2.45, 2.75) is 0 Å². The minimum atomic E-state index is 0.326. The Balaban J connectivity index is 3.24. The maximum absolute atomic E-state index is 8.31. The third-order valence-electron chi connectivity index (χ3n) is 1.06. The van der Waals surface area contributed by atoms with Crippen LogP contribution < -0.4 is 11.5 Å². The summed E-state index contributed by atoms with van der Waals surface area (Å²) in [4.78, 5) is 2.61. The second kappa shape index (κ2) is 1.71. The molecular formula is C5H6N4. The Bertz CT molecular complexity index is 254.